The molecular formula is C15H23N. The van der Waals surface area contributed by atoms with Crippen molar-refractivity contribution in [2.45, 2.75) is 39.3 Å². The van der Waals surface area contributed by atoms with E-state index in [1.165, 1.54) is 5.56 Å². The van der Waals surface area contributed by atoms with Crippen molar-refractivity contribution in [3.63, 3.8) is 0 Å². The van der Waals surface area contributed by atoms with Crippen LogP contribution in [0.25, 0.3) is 0 Å². The molecule has 1 heteroatoms. The van der Waals surface area contributed by atoms with Crippen molar-refractivity contribution in [2.75, 3.05) is 0 Å². The van der Waals surface area contributed by atoms with Crippen molar-refractivity contribution in [2.24, 2.45) is 5.92 Å². The van der Waals surface area contributed by atoms with E-state index >= 15 is 0 Å². The molecule has 0 spiro atoms. The van der Waals surface area contributed by atoms with Gasteiger partial charge in [-0.3, -0.25) is 0 Å². The molecule has 0 heterocycles. The molecule has 2 atom stereocenters. The Balaban J connectivity index is 2.75. The van der Waals surface area contributed by atoms with Gasteiger partial charge in [0.05, 0.1) is 0 Å². The Hall–Kier alpha value is -1.08. The van der Waals surface area contributed by atoms with E-state index in [0.29, 0.717) is 18.0 Å². The zero-order chi connectivity index (χ0) is 12.0. The molecule has 0 saturated heterocycles. The van der Waals surface area contributed by atoms with Gasteiger partial charge in [0, 0.05) is 12.1 Å². The van der Waals surface area contributed by atoms with Crippen LogP contribution >= 0.6 is 0 Å². The third-order valence-electron chi connectivity index (χ3n) is 2.73. The van der Waals surface area contributed by atoms with Gasteiger partial charge in [-0.05, 0) is 24.8 Å². The lowest BCUT2D eigenvalue weighted by Gasteiger charge is -2.23. The number of hydrogen-bond acceptors (Lipinski definition) is 1. The van der Waals surface area contributed by atoms with Crippen molar-refractivity contribution in [1.82, 2.24) is 5.32 Å². The summed E-state index contributed by atoms with van der Waals surface area (Å²) in [5, 5.41) is 3.60. The van der Waals surface area contributed by atoms with Crippen molar-refractivity contribution < 1.29 is 0 Å². The first kappa shape index (κ1) is 13.0. The second-order valence-electron chi connectivity index (χ2n) is 4.78. The van der Waals surface area contributed by atoms with Gasteiger partial charge in [0.1, 0.15) is 0 Å². The minimum Gasteiger partial charge on any atom is -0.304 e. The van der Waals surface area contributed by atoms with Crippen molar-refractivity contribution in [1.29, 1.82) is 0 Å². The highest BCUT2D eigenvalue weighted by molar-refractivity contribution is 5.19. The minimum absolute atomic E-state index is 0.351. The van der Waals surface area contributed by atoms with Crippen LogP contribution in [0.5, 0.6) is 0 Å². The molecule has 0 aliphatic heterocycles. The molecule has 1 aromatic carbocycles. The average Bonchev–Trinajstić information content (AvgIpc) is 2.28. The predicted octanol–water partition coefficient (Wildman–Crippen LogP) is 3.94. The summed E-state index contributed by atoms with van der Waals surface area (Å²) in [6.45, 7) is 10.5. The summed E-state index contributed by atoms with van der Waals surface area (Å²) in [6.07, 6.45) is 3.11. The lowest BCUT2D eigenvalue weighted by atomic mass is 9.96. The van der Waals surface area contributed by atoms with Gasteiger partial charge < -0.3 is 5.32 Å². The zero-order valence-corrected chi connectivity index (χ0v) is 10.6. The van der Waals surface area contributed by atoms with Crippen LogP contribution in [0.1, 0.15) is 38.8 Å². The number of rotatable bonds is 6. The van der Waals surface area contributed by atoms with Crippen LogP contribution in [-0.2, 0) is 0 Å². The zero-order valence-electron chi connectivity index (χ0n) is 10.6. The first-order chi connectivity index (χ1) is 7.63. The molecule has 1 rings (SSSR count). The Morgan fingerprint density at radius 1 is 1.19 bits per heavy atom. The van der Waals surface area contributed by atoms with Gasteiger partial charge >= 0.3 is 0 Å². The van der Waals surface area contributed by atoms with E-state index in [0.717, 1.165) is 6.42 Å². The third-order valence-corrected chi connectivity index (χ3v) is 2.73. The Morgan fingerprint density at radius 2 is 1.81 bits per heavy atom. The smallest absolute Gasteiger partial charge is 0.0327 e. The molecule has 1 nitrogen and oxygen atoms in total. The summed E-state index contributed by atoms with van der Waals surface area (Å²) in [5.41, 5.74) is 1.37. The van der Waals surface area contributed by atoms with Gasteiger partial charge in [-0.2, -0.15) is 0 Å². The van der Waals surface area contributed by atoms with E-state index in [2.05, 4.69) is 63.0 Å². The summed E-state index contributed by atoms with van der Waals surface area (Å²) in [4.78, 5) is 0. The van der Waals surface area contributed by atoms with Crippen LogP contribution < -0.4 is 5.32 Å². The minimum atomic E-state index is 0.351. The van der Waals surface area contributed by atoms with Gasteiger partial charge in [-0.25, -0.2) is 0 Å². The maximum Gasteiger partial charge on any atom is 0.0327 e. The van der Waals surface area contributed by atoms with Crippen LogP contribution in [0, 0.1) is 5.92 Å². The van der Waals surface area contributed by atoms with Crippen molar-refractivity contribution in [3.8, 4) is 0 Å². The van der Waals surface area contributed by atoms with Gasteiger partial charge in [-0.15, -0.1) is 6.58 Å². The van der Waals surface area contributed by atoms with E-state index in [9.17, 15) is 0 Å². The topological polar surface area (TPSA) is 12.0 Å². The quantitative estimate of drug-likeness (QED) is 0.712. The second kappa shape index (κ2) is 6.49. The van der Waals surface area contributed by atoms with Gasteiger partial charge in [-0.1, -0.05) is 50.3 Å². The largest absolute Gasteiger partial charge is 0.304 e. The molecule has 0 radical (unpaired) electrons. The summed E-state index contributed by atoms with van der Waals surface area (Å²) < 4.78 is 0. The summed E-state index contributed by atoms with van der Waals surface area (Å²) >= 11 is 0. The summed E-state index contributed by atoms with van der Waals surface area (Å²) in [7, 11) is 0. The molecular weight excluding hydrogens is 194 g/mol. The normalized spacial score (nSPS) is 14.8. The lowest BCUT2D eigenvalue weighted by molar-refractivity contribution is 0.414. The number of benzene rings is 1. The van der Waals surface area contributed by atoms with Gasteiger partial charge in [0.25, 0.3) is 0 Å². The Morgan fingerprint density at radius 3 is 2.31 bits per heavy atom. The molecule has 0 amide bonds. The SMILES string of the molecule is C=CC(C)NC(CC(C)C)c1ccccc1. The van der Waals surface area contributed by atoms with Gasteiger partial charge in [0.15, 0.2) is 0 Å². The molecule has 0 aliphatic carbocycles. The van der Waals surface area contributed by atoms with E-state index in [4.69, 9.17) is 0 Å². The fraction of sp³-hybridized carbons (Fsp3) is 0.467. The molecule has 0 aromatic heterocycles. The molecule has 2 unspecified atom stereocenters. The highest BCUT2D eigenvalue weighted by atomic mass is 14.9. The third kappa shape index (κ3) is 4.19. The maximum atomic E-state index is 3.82. The van der Waals surface area contributed by atoms with E-state index in [1.54, 1.807) is 0 Å². The molecule has 1 N–H and O–H groups in total. The van der Waals surface area contributed by atoms with Crippen LogP contribution in [0.4, 0.5) is 0 Å². The lowest BCUT2D eigenvalue weighted by Crippen LogP contribution is -2.29. The fourth-order valence-corrected chi connectivity index (χ4v) is 1.84. The van der Waals surface area contributed by atoms with Gasteiger partial charge in [0.2, 0.25) is 0 Å². The van der Waals surface area contributed by atoms with Crippen molar-refractivity contribution >= 4 is 0 Å². The average molecular weight is 217 g/mol. The predicted molar refractivity (Wildman–Crippen MR) is 71.4 cm³/mol. The molecule has 0 fully saturated rings. The number of nitrogens with one attached hydrogen (secondary N) is 1. The highest BCUT2D eigenvalue weighted by Gasteiger charge is 2.13. The van der Waals surface area contributed by atoms with E-state index in [-0.39, 0.29) is 0 Å². The van der Waals surface area contributed by atoms with Crippen LogP contribution in [0.15, 0.2) is 43.0 Å². The van der Waals surface area contributed by atoms with Crippen LogP contribution in [0.2, 0.25) is 0 Å². The van der Waals surface area contributed by atoms with E-state index < -0.39 is 0 Å². The monoisotopic (exact) mass is 217 g/mol. The van der Waals surface area contributed by atoms with Crippen LogP contribution in [0.3, 0.4) is 0 Å². The summed E-state index contributed by atoms with van der Waals surface area (Å²) in [6, 6.07) is 11.4. The molecule has 0 saturated carbocycles. The molecule has 88 valence electrons. The standard InChI is InChI=1S/C15H23N/c1-5-13(4)16-15(11-12(2)3)14-9-7-6-8-10-14/h5-10,12-13,15-16H,1,11H2,2-4H3. The highest BCUT2D eigenvalue weighted by Crippen LogP contribution is 2.21. The molecule has 1 aromatic rings. The Labute approximate surface area is 99.6 Å². The Bertz CT molecular complexity index is 302. The Kier molecular flexibility index (Phi) is 5.27. The summed E-state index contributed by atoms with van der Waals surface area (Å²) in [5.74, 6) is 0.690. The maximum absolute atomic E-state index is 3.82. The van der Waals surface area contributed by atoms with Crippen molar-refractivity contribution in [3.05, 3.63) is 48.6 Å². The number of hydrogen-bond donors (Lipinski definition) is 1. The van der Waals surface area contributed by atoms with E-state index in [1.807, 2.05) is 6.08 Å². The van der Waals surface area contributed by atoms with Crippen LogP contribution in [-0.4, -0.2) is 6.04 Å². The molecule has 0 bridgehead atoms. The molecule has 16 heavy (non-hydrogen) atoms. The molecule has 0 aliphatic rings. The second-order valence-corrected chi connectivity index (χ2v) is 4.78. The first-order valence-electron chi connectivity index (χ1n) is 6.07. The first-order valence-corrected chi connectivity index (χ1v) is 6.07. The fourth-order valence-electron chi connectivity index (χ4n) is 1.84.